The van der Waals surface area contributed by atoms with E-state index >= 15 is 0 Å². The summed E-state index contributed by atoms with van der Waals surface area (Å²) in [5.74, 6) is 0. The molecule has 0 saturated heterocycles. The summed E-state index contributed by atoms with van der Waals surface area (Å²) in [7, 11) is 0. The molecule has 244 valence electrons. The maximum atomic E-state index is 5.34. The van der Waals surface area contributed by atoms with Gasteiger partial charge in [0.25, 0.3) is 0 Å². The molecular formula is C46H35N5. The van der Waals surface area contributed by atoms with Crippen LogP contribution in [-0.4, -0.2) is 24.9 Å². The van der Waals surface area contributed by atoms with Gasteiger partial charge in [0, 0.05) is 56.2 Å². The van der Waals surface area contributed by atoms with Crippen LogP contribution in [0.25, 0.3) is 97.1 Å². The van der Waals surface area contributed by atoms with Crippen molar-refractivity contribution < 1.29 is 0 Å². The molecule has 0 amide bonds. The lowest BCUT2D eigenvalue weighted by molar-refractivity contribution is 1.26. The van der Waals surface area contributed by atoms with E-state index in [9.17, 15) is 0 Å². The van der Waals surface area contributed by atoms with E-state index in [0.717, 1.165) is 95.0 Å². The SMILES string of the molecule is C=Cc1ccc(-c2c3ccc([nH]3)c(-c3ccc(C)cc3)c3nc(c(-c4ccc[nH]4)c4nc(c(-c5ccc(C)cc5)c5ccc2[nH]5)C=C4)C=C3)cc1. The highest BCUT2D eigenvalue weighted by molar-refractivity contribution is 6.00. The van der Waals surface area contributed by atoms with Crippen LogP contribution in [0.5, 0.6) is 0 Å². The second-order valence-electron chi connectivity index (χ2n) is 13.1. The fourth-order valence-electron chi connectivity index (χ4n) is 7.11. The first-order valence-electron chi connectivity index (χ1n) is 17.2. The molecule has 5 heteroatoms. The van der Waals surface area contributed by atoms with Crippen LogP contribution in [0, 0.1) is 13.8 Å². The molecule has 0 spiro atoms. The molecule has 8 bridgehead atoms. The molecule has 3 N–H and O–H groups in total. The molecule has 9 rings (SSSR count). The van der Waals surface area contributed by atoms with Gasteiger partial charge in [-0.2, -0.15) is 0 Å². The van der Waals surface area contributed by atoms with Gasteiger partial charge in [-0.1, -0.05) is 96.6 Å². The zero-order valence-electron chi connectivity index (χ0n) is 28.5. The Morgan fingerprint density at radius 3 is 1.31 bits per heavy atom. The lowest BCUT2D eigenvalue weighted by Crippen LogP contribution is -1.91. The van der Waals surface area contributed by atoms with Crippen LogP contribution < -0.4 is 0 Å². The molecule has 2 aliphatic heterocycles. The predicted octanol–water partition coefficient (Wildman–Crippen LogP) is 11.9. The molecule has 0 atom stereocenters. The monoisotopic (exact) mass is 657 g/mol. The lowest BCUT2D eigenvalue weighted by atomic mass is 10.0. The van der Waals surface area contributed by atoms with Crippen LogP contribution in [0.15, 0.2) is 122 Å². The van der Waals surface area contributed by atoms with Crippen LogP contribution in [0.2, 0.25) is 0 Å². The maximum Gasteiger partial charge on any atom is 0.0753 e. The van der Waals surface area contributed by atoms with Crippen molar-refractivity contribution in [1.29, 1.82) is 0 Å². The first-order chi connectivity index (χ1) is 25.0. The Labute approximate surface area is 296 Å². The molecule has 5 nitrogen and oxygen atoms in total. The van der Waals surface area contributed by atoms with Crippen LogP contribution in [-0.2, 0) is 0 Å². The van der Waals surface area contributed by atoms with Crippen LogP contribution >= 0.6 is 0 Å². The molecule has 4 aromatic heterocycles. The maximum absolute atomic E-state index is 5.34. The van der Waals surface area contributed by atoms with Gasteiger partial charge in [0.1, 0.15) is 0 Å². The number of aromatic amines is 3. The molecule has 6 heterocycles. The van der Waals surface area contributed by atoms with Gasteiger partial charge < -0.3 is 15.0 Å². The Kier molecular flexibility index (Phi) is 7.32. The first kappa shape index (κ1) is 30.3. The Balaban J connectivity index is 1.46. The topological polar surface area (TPSA) is 73.2 Å². The molecule has 0 fully saturated rings. The number of nitrogens with one attached hydrogen (secondary N) is 3. The number of H-pyrrole nitrogens is 3. The summed E-state index contributed by atoms with van der Waals surface area (Å²) in [4.78, 5) is 21.8. The van der Waals surface area contributed by atoms with Crippen molar-refractivity contribution in [2.75, 3.05) is 0 Å². The number of rotatable bonds is 5. The smallest absolute Gasteiger partial charge is 0.0753 e. The average molecular weight is 658 g/mol. The minimum atomic E-state index is 0.856. The fourth-order valence-corrected chi connectivity index (χ4v) is 7.11. The van der Waals surface area contributed by atoms with Gasteiger partial charge in [0.05, 0.1) is 22.8 Å². The highest BCUT2D eigenvalue weighted by Gasteiger charge is 2.19. The van der Waals surface area contributed by atoms with Crippen molar-refractivity contribution in [2.24, 2.45) is 0 Å². The molecular weight excluding hydrogens is 623 g/mol. The second-order valence-corrected chi connectivity index (χ2v) is 13.1. The number of aryl methyl sites for hydroxylation is 2. The number of hydrogen-bond acceptors (Lipinski definition) is 2. The predicted molar refractivity (Wildman–Crippen MR) is 215 cm³/mol. The van der Waals surface area contributed by atoms with Gasteiger partial charge in [-0.05, 0) is 96.8 Å². The van der Waals surface area contributed by atoms with Gasteiger partial charge in [0.2, 0.25) is 0 Å². The van der Waals surface area contributed by atoms with Gasteiger partial charge in [-0.3, -0.25) is 0 Å². The van der Waals surface area contributed by atoms with E-state index in [1.807, 2.05) is 18.3 Å². The third-order valence-corrected chi connectivity index (χ3v) is 9.74. The summed E-state index contributed by atoms with van der Waals surface area (Å²) >= 11 is 0. The molecule has 0 saturated carbocycles. The van der Waals surface area contributed by atoms with Crippen molar-refractivity contribution >= 4 is 52.4 Å². The van der Waals surface area contributed by atoms with Crippen LogP contribution in [0.4, 0.5) is 0 Å². The third kappa shape index (κ3) is 5.45. The average Bonchev–Trinajstić information content (AvgIpc) is 4.01. The number of aromatic nitrogens is 5. The Morgan fingerprint density at radius 1 is 0.471 bits per heavy atom. The Bertz CT molecular complexity index is 2540. The summed E-state index contributed by atoms with van der Waals surface area (Å²) in [6, 6.07) is 38.7. The largest absolute Gasteiger partial charge is 0.361 e. The van der Waals surface area contributed by atoms with Crippen molar-refractivity contribution in [2.45, 2.75) is 13.8 Å². The molecule has 51 heavy (non-hydrogen) atoms. The van der Waals surface area contributed by atoms with Gasteiger partial charge in [-0.15, -0.1) is 0 Å². The van der Waals surface area contributed by atoms with Crippen molar-refractivity contribution in [1.82, 2.24) is 24.9 Å². The minimum Gasteiger partial charge on any atom is -0.361 e. The normalized spacial score (nSPS) is 12.0. The second kappa shape index (κ2) is 12.3. The summed E-state index contributed by atoms with van der Waals surface area (Å²) in [5, 5.41) is 0. The molecule has 2 aliphatic rings. The molecule has 3 aromatic carbocycles. The van der Waals surface area contributed by atoms with Gasteiger partial charge >= 0.3 is 0 Å². The quantitative estimate of drug-likeness (QED) is 0.172. The summed E-state index contributed by atoms with van der Waals surface area (Å²) in [6.07, 6.45) is 12.3. The number of hydrogen-bond donors (Lipinski definition) is 3. The summed E-state index contributed by atoms with van der Waals surface area (Å²) < 4.78 is 0. The third-order valence-electron chi connectivity index (χ3n) is 9.74. The number of nitrogens with zero attached hydrogens (tertiary/aromatic N) is 2. The Morgan fingerprint density at radius 2 is 0.882 bits per heavy atom. The highest BCUT2D eigenvalue weighted by atomic mass is 14.8. The molecule has 0 unspecified atom stereocenters. The minimum absolute atomic E-state index is 0.856. The van der Waals surface area contributed by atoms with Crippen molar-refractivity contribution in [3.63, 3.8) is 0 Å². The zero-order chi connectivity index (χ0) is 34.5. The Hall–Kier alpha value is -6.72. The fraction of sp³-hybridized carbons (Fsp3) is 0.0435. The lowest BCUT2D eigenvalue weighted by Gasteiger charge is -2.07. The summed E-state index contributed by atoms with van der Waals surface area (Å²) in [5.41, 5.74) is 19.3. The summed E-state index contributed by atoms with van der Waals surface area (Å²) in [6.45, 7) is 8.20. The van der Waals surface area contributed by atoms with Gasteiger partial charge in [0.15, 0.2) is 0 Å². The van der Waals surface area contributed by atoms with Crippen molar-refractivity contribution in [3.05, 3.63) is 161 Å². The highest BCUT2D eigenvalue weighted by Crippen LogP contribution is 2.38. The van der Waals surface area contributed by atoms with E-state index < -0.39 is 0 Å². The van der Waals surface area contributed by atoms with E-state index in [4.69, 9.17) is 9.97 Å². The van der Waals surface area contributed by atoms with E-state index in [1.165, 1.54) is 11.1 Å². The van der Waals surface area contributed by atoms with Crippen LogP contribution in [0.1, 0.15) is 39.5 Å². The van der Waals surface area contributed by atoms with Gasteiger partial charge in [-0.25, -0.2) is 9.97 Å². The molecule has 0 aliphatic carbocycles. The van der Waals surface area contributed by atoms with E-state index in [0.29, 0.717) is 0 Å². The molecule has 7 aromatic rings. The van der Waals surface area contributed by atoms with E-state index in [2.05, 4.69) is 163 Å². The molecule has 0 radical (unpaired) electrons. The van der Waals surface area contributed by atoms with Crippen molar-refractivity contribution in [3.8, 4) is 44.6 Å². The van der Waals surface area contributed by atoms with Crippen LogP contribution in [0.3, 0.4) is 0 Å². The van der Waals surface area contributed by atoms with E-state index in [1.54, 1.807) is 0 Å². The first-order valence-corrected chi connectivity index (χ1v) is 17.2. The zero-order valence-corrected chi connectivity index (χ0v) is 28.5. The standard InChI is InChI=1S/C46H35N5/c1-4-30-11-17-33(18-12-30)45-37-21-19-35(48-37)43(31-13-7-28(2)8-14-31)39-23-25-41(50-39)46(34-6-5-27-47-34)42-26-24-40(51-42)44(36-20-22-38(45)49-36)32-15-9-29(3)10-16-32/h4-27,47-49H,1H2,2-3H3. The number of benzene rings is 3. The van der Waals surface area contributed by atoms with E-state index in [-0.39, 0.29) is 0 Å². The number of fused-ring (bicyclic) bond motifs is 8.